The normalized spacial score (nSPS) is 11.5. The Bertz CT molecular complexity index is 1520. The Morgan fingerprint density at radius 2 is 1.70 bits per heavy atom. The lowest BCUT2D eigenvalue weighted by Gasteiger charge is -2.19. The summed E-state index contributed by atoms with van der Waals surface area (Å²) in [6, 6.07) is 11.5. The van der Waals surface area contributed by atoms with E-state index >= 15 is 0 Å². The number of benzene rings is 1. The Labute approximate surface area is 217 Å². The van der Waals surface area contributed by atoms with Gasteiger partial charge in [-0.05, 0) is 51.0 Å². The summed E-state index contributed by atoms with van der Waals surface area (Å²) in [5, 5.41) is 0. The summed E-state index contributed by atoms with van der Waals surface area (Å²) in [6.07, 6.45) is 1.86. The first-order chi connectivity index (χ1) is 17.5. The quantitative estimate of drug-likeness (QED) is 0.360. The van der Waals surface area contributed by atoms with Crippen LogP contribution in [0.25, 0.3) is 16.9 Å². The van der Waals surface area contributed by atoms with Crippen molar-refractivity contribution in [3.8, 4) is 28.7 Å². The Morgan fingerprint density at radius 1 is 0.946 bits per heavy atom. The molecule has 37 heavy (non-hydrogen) atoms. The van der Waals surface area contributed by atoms with E-state index in [0.717, 1.165) is 33.9 Å². The molecule has 0 saturated heterocycles. The summed E-state index contributed by atoms with van der Waals surface area (Å²) in [5.74, 6) is 2.09. The fourth-order valence-corrected chi connectivity index (χ4v) is 4.00. The number of pyridine rings is 1. The molecule has 0 N–H and O–H groups in total. The summed E-state index contributed by atoms with van der Waals surface area (Å²) in [6.45, 7) is 13.9. The number of nitrogens with zero attached hydrogens (tertiary/aromatic N) is 5. The maximum atomic E-state index is 13.6. The van der Waals surface area contributed by atoms with Gasteiger partial charge in [-0.1, -0.05) is 39.0 Å². The molecule has 0 amide bonds. The molecule has 0 bridgehead atoms. The molecule has 0 fully saturated rings. The summed E-state index contributed by atoms with van der Waals surface area (Å²) in [4.78, 5) is 31.9. The average molecular weight is 500 g/mol. The zero-order chi connectivity index (χ0) is 26.9. The van der Waals surface area contributed by atoms with Crippen LogP contribution in [0.3, 0.4) is 0 Å². The Hall–Kier alpha value is -4.07. The van der Waals surface area contributed by atoms with Crippen LogP contribution in [-0.2, 0) is 12.0 Å². The highest BCUT2D eigenvalue weighted by Gasteiger charge is 2.20. The lowest BCUT2D eigenvalue weighted by atomic mass is 9.95. The fraction of sp³-hybridized carbons (Fsp3) is 0.345. The van der Waals surface area contributed by atoms with Crippen LogP contribution in [0.2, 0.25) is 0 Å². The molecule has 0 saturated carbocycles. The largest absolute Gasteiger partial charge is 0.481 e. The zero-order valence-corrected chi connectivity index (χ0v) is 22.7. The third kappa shape index (κ3) is 5.38. The van der Waals surface area contributed by atoms with Crippen LogP contribution >= 0.6 is 0 Å². The van der Waals surface area contributed by atoms with Gasteiger partial charge in [0.1, 0.15) is 18.3 Å². The second-order valence-corrected chi connectivity index (χ2v) is 10.2. The minimum atomic E-state index is -0.184. The molecular weight excluding hydrogens is 466 g/mol. The minimum absolute atomic E-state index is 0.172. The first-order valence-corrected chi connectivity index (χ1v) is 12.2. The predicted molar refractivity (Wildman–Crippen MR) is 144 cm³/mol. The van der Waals surface area contributed by atoms with Gasteiger partial charge in [0.2, 0.25) is 11.8 Å². The van der Waals surface area contributed by atoms with E-state index in [2.05, 4.69) is 35.7 Å². The van der Waals surface area contributed by atoms with Gasteiger partial charge in [-0.25, -0.2) is 15.0 Å². The molecule has 0 spiro atoms. The molecule has 0 radical (unpaired) electrons. The van der Waals surface area contributed by atoms with E-state index in [0.29, 0.717) is 28.8 Å². The average Bonchev–Trinajstić information content (AvgIpc) is 2.86. The van der Waals surface area contributed by atoms with E-state index in [1.165, 1.54) is 0 Å². The van der Waals surface area contributed by atoms with Gasteiger partial charge in [0.15, 0.2) is 0 Å². The molecule has 4 aromatic rings. The Morgan fingerprint density at radius 3 is 2.41 bits per heavy atom. The maximum absolute atomic E-state index is 13.6. The number of methoxy groups -OCH3 is 1. The first kappa shape index (κ1) is 26.0. The van der Waals surface area contributed by atoms with Crippen LogP contribution in [0.4, 0.5) is 0 Å². The monoisotopic (exact) mass is 499 g/mol. The van der Waals surface area contributed by atoms with Gasteiger partial charge < -0.3 is 9.47 Å². The highest BCUT2D eigenvalue weighted by molar-refractivity contribution is 5.67. The molecular formula is C29H33N5O3. The first-order valence-electron chi connectivity index (χ1n) is 12.2. The standard InChI is InChI=1S/C29H33N5O3/c1-17-12-13-21(25-18(2)15-30-28(33-25)29(5,6)7)14-23(17)34-20(4)31-26(19(3)27(34)35)37-16-22-10-9-11-24(32-22)36-8/h9-15H,16H2,1-8H3. The van der Waals surface area contributed by atoms with Gasteiger partial charge in [0.05, 0.1) is 29.7 Å². The van der Waals surface area contributed by atoms with Crippen molar-refractivity contribution in [2.24, 2.45) is 0 Å². The molecule has 192 valence electrons. The molecule has 4 rings (SSSR count). The second kappa shape index (κ2) is 10.1. The summed E-state index contributed by atoms with van der Waals surface area (Å²) >= 11 is 0. The van der Waals surface area contributed by atoms with Crippen LogP contribution in [0.5, 0.6) is 11.8 Å². The molecule has 0 unspecified atom stereocenters. The van der Waals surface area contributed by atoms with Crippen molar-refractivity contribution >= 4 is 0 Å². The number of hydrogen-bond donors (Lipinski definition) is 0. The van der Waals surface area contributed by atoms with Crippen molar-refractivity contribution in [2.45, 2.75) is 60.5 Å². The van der Waals surface area contributed by atoms with E-state index in [-0.39, 0.29) is 17.6 Å². The van der Waals surface area contributed by atoms with Crippen molar-refractivity contribution in [3.05, 3.63) is 87.0 Å². The molecule has 1 aromatic carbocycles. The van der Waals surface area contributed by atoms with Gasteiger partial charge >= 0.3 is 0 Å². The lowest BCUT2D eigenvalue weighted by Crippen LogP contribution is -2.26. The van der Waals surface area contributed by atoms with Crippen molar-refractivity contribution in [2.75, 3.05) is 7.11 Å². The van der Waals surface area contributed by atoms with Crippen LogP contribution in [-0.4, -0.2) is 31.6 Å². The van der Waals surface area contributed by atoms with Gasteiger partial charge in [-0.3, -0.25) is 9.36 Å². The molecule has 0 aliphatic heterocycles. The number of aryl methyl sites for hydroxylation is 3. The topological polar surface area (TPSA) is 92.0 Å². The van der Waals surface area contributed by atoms with Crippen LogP contribution in [0.15, 0.2) is 47.4 Å². The van der Waals surface area contributed by atoms with E-state index in [1.807, 2.05) is 50.4 Å². The van der Waals surface area contributed by atoms with E-state index < -0.39 is 0 Å². The zero-order valence-electron chi connectivity index (χ0n) is 22.7. The van der Waals surface area contributed by atoms with Crippen molar-refractivity contribution in [1.29, 1.82) is 0 Å². The fourth-order valence-electron chi connectivity index (χ4n) is 4.00. The molecule has 0 aliphatic carbocycles. The number of aromatic nitrogens is 5. The minimum Gasteiger partial charge on any atom is -0.481 e. The molecule has 0 aliphatic rings. The Balaban J connectivity index is 1.73. The molecule has 3 heterocycles. The van der Waals surface area contributed by atoms with Gasteiger partial charge in [-0.2, -0.15) is 4.98 Å². The molecule has 3 aromatic heterocycles. The third-order valence-electron chi connectivity index (χ3n) is 6.14. The van der Waals surface area contributed by atoms with Crippen molar-refractivity contribution in [1.82, 2.24) is 24.5 Å². The predicted octanol–water partition coefficient (Wildman–Crippen LogP) is 5.20. The van der Waals surface area contributed by atoms with Gasteiger partial charge in [0, 0.05) is 23.2 Å². The van der Waals surface area contributed by atoms with Crippen molar-refractivity contribution < 1.29 is 9.47 Å². The lowest BCUT2D eigenvalue weighted by molar-refractivity contribution is 0.282. The van der Waals surface area contributed by atoms with Crippen LogP contribution < -0.4 is 15.0 Å². The Kier molecular flexibility index (Phi) is 7.12. The smallest absolute Gasteiger partial charge is 0.264 e. The van der Waals surface area contributed by atoms with Crippen LogP contribution in [0, 0.1) is 27.7 Å². The summed E-state index contributed by atoms with van der Waals surface area (Å²) in [5.41, 5.74) is 5.18. The number of hydrogen-bond acceptors (Lipinski definition) is 7. The maximum Gasteiger partial charge on any atom is 0.264 e. The highest BCUT2D eigenvalue weighted by Crippen LogP contribution is 2.28. The molecule has 0 atom stereocenters. The number of ether oxygens (including phenoxy) is 2. The van der Waals surface area contributed by atoms with Gasteiger partial charge in [-0.15, -0.1) is 0 Å². The van der Waals surface area contributed by atoms with E-state index in [9.17, 15) is 4.79 Å². The molecule has 8 nitrogen and oxygen atoms in total. The molecule has 8 heteroatoms. The van der Waals surface area contributed by atoms with E-state index in [4.69, 9.17) is 14.5 Å². The second-order valence-electron chi connectivity index (χ2n) is 10.2. The number of rotatable bonds is 6. The highest BCUT2D eigenvalue weighted by atomic mass is 16.5. The SMILES string of the molecule is COc1cccc(COc2nc(C)n(-c3cc(-c4nc(C(C)(C)C)ncc4C)ccc3C)c(=O)c2C)n1. The van der Waals surface area contributed by atoms with Crippen molar-refractivity contribution in [3.63, 3.8) is 0 Å². The van der Waals surface area contributed by atoms with Gasteiger partial charge in [0.25, 0.3) is 5.56 Å². The summed E-state index contributed by atoms with van der Waals surface area (Å²) in [7, 11) is 1.56. The van der Waals surface area contributed by atoms with Crippen LogP contribution in [0.1, 0.15) is 54.8 Å². The van der Waals surface area contributed by atoms with E-state index in [1.54, 1.807) is 31.6 Å². The summed E-state index contributed by atoms with van der Waals surface area (Å²) < 4.78 is 12.7. The third-order valence-corrected chi connectivity index (χ3v) is 6.14.